The van der Waals surface area contributed by atoms with Crippen molar-refractivity contribution in [1.29, 1.82) is 0 Å². The molecule has 2 aromatic carbocycles. The molecule has 0 fully saturated rings. The Morgan fingerprint density at radius 3 is 2.48 bits per heavy atom. The molecule has 0 saturated heterocycles. The van der Waals surface area contributed by atoms with Crippen molar-refractivity contribution in [3.63, 3.8) is 0 Å². The summed E-state index contributed by atoms with van der Waals surface area (Å²) in [6.07, 6.45) is 0. The number of anilines is 2. The van der Waals surface area contributed by atoms with Crippen molar-refractivity contribution in [3.05, 3.63) is 59.7 Å². The molecule has 2 aromatic rings. The van der Waals surface area contributed by atoms with Crippen LogP contribution in [0.2, 0.25) is 0 Å². The second-order valence-electron chi connectivity index (χ2n) is 5.08. The van der Waals surface area contributed by atoms with Gasteiger partial charge in [-0.3, -0.25) is 9.59 Å². The molecule has 7 nitrogen and oxygen atoms in total. The Morgan fingerprint density at radius 2 is 1.76 bits per heavy atom. The van der Waals surface area contributed by atoms with Gasteiger partial charge in [0.1, 0.15) is 0 Å². The van der Waals surface area contributed by atoms with Gasteiger partial charge in [0.25, 0.3) is 11.8 Å². The van der Waals surface area contributed by atoms with Gasteiger partial charge in [-0.15, -0.1) is 0 Å². The number of hydrogen-bond acceptors (Lipinski definition) is 5. The first-order chi connectivity index (χ1) is 12.0. The monoisotopic (exact) mass is 341 g/mol. The summed E-state index contributed by atoms with van der Waals surface area (Å²) in [5, 5.41) is 7.98. The van der Waals surface area contributed by atoms with Crippen molar-refractivity contribution >= 4 is 29.2 Å². The quantitative estimate of drug-likeness (QED) is 0.697. The highest BCUT2D eigenvalue weighted by atomic mass is 16.5. The highest BCUT2D eigenvalue weighted by Crippen LogP contribution is 2.15. The van der Waals surface area contributed by atoms with Crippen LogP contribution in [0.3, 0.4) is 0 Å². The van der Waals surface area contributed by atoms with Crippen LogP contribution in [0, 0.1) is 0 Å². The maximum absolute atomic E-state index is 12.1. The molecule has 0 aliphatic carbocycles. The van der Waals surface area contributed by atoms with Gasteiger partial charge in [-0.1, -0.05) is 18.2 Å². The Kier molecular flexibility index (Phi) is 6.11. The van der Waals surface area contributed by atoms with E-state index in [0.717, 1.165) is 0 Å². The fraction of sp³-hybridized carbons (Fsp3) is 0.167. The molecule has 0 saturated carbocycles. The van der Waals surface area contributed by atoms with Crippen molar-refractivity contribution in [2.24, 2.45) is 0 Å². The van der Waals surface area contributed by atoms with Gasteiger partial charge in [0.2, 0.25) is 0 Å². The Morgan fingerprint density at radius 1 is 1.00 bits per heavy atom. The predicted octanol–water partition coefficient (Wildman–Crippen LogP) is 1.88. The largest absolute Gasteiger partial charge is 0.452 e. The third-order valence-corrected chi connectivity index (χ3v) is 3.39. The van der Waals surface area contributed by atoms with E-state index in [0.29, 0.717) is 22.5 Å². The van der Waals surface area contributed by atoms with E-state index in [4.69, 9.17) is 4.74 Å². The van der Waals surface area contributed by atoms with Crippen LogP contribution in [-0.2, 0) is 9.53 Å². The molecule has 0 aliphatic heterocycles. The van der Waals surface area contributed by atoms with Crippen LogP contribution in [0.5, 0.6) is 0 Å². The highest BCUT2D eigenvalue weighted by molar-refractivity contribution is 5.99. The predicted molar refractivity (Wildman–Crippen MR) is 94.7 cm³/mol. The molecule has 0 radical (unpaired) electrons. The maximum atomic E-state index is 12.1. The molecule has 0 aliphatic rings. The number of para-hydroxylation sites is 1. The van der Waals surface area contributed by atoms with Gasteiger partial charge in [-0.05, 0) is 30.3 Å². The van der Waals surface area contributed by atoms with Crippen molar-refractivity contribution in [3.8, 4) is 0 Å². The standard InChI is InChI=1S/C18H19N3O4/c1-19-15-9-4-3-8-14(15)18(24)25-11-16(22)21-13-7-5-6-12(10-13)17(23)20-2/h3-10,19H,11H2,1-2H3,(H,20,23)(H,21,22). The number of ether oxygens (including phenoxy) is 1. The molecular weight excluding hydrogens is 322 g/mol. The number of amides is 2. The van der Waals surface area contributed by atoms with Gasteiger partial charge in [0, 0.05) is 31.0 Å². The lowest BCUT2D eigenvalue weighted by atomic mass is 10.2. The van der Waals surface area contributed by atoms with E-state index in [1.54, 1.807) is 49.5 Å². The molecule has 3 N–H and O–H groups in total. The number of hydrogen-bond donors (Lipinski definition) is 3. The second-order valence-corrected chi connectivity index (χ2v) is 5.08. The molecule has 2 amide bonds. The first-order valence-electron chi connectivity index (χ1n) is 7.61. The normalized spacial score (nSPS) is 9.84. The minimum atomic E-state index is -0.598. The number of esters is 1. The molecule has 7 heteroatoms. The highest BCUT2D eigenvalue weighted by Gasteiger charge is 2.14. The minimum Gasteiger partial charge on any atom is -0.452 e. The average molecular weight is 341 g/mol. The zero-order valence-corrected chi connectivity index (χ0v) is 14.0. The summed E-state index contributed by atoms with van der Waals surface area (Å²) in [5.41, 5.74) is 1.82. The maximum Gasteiger partial charge on any atom is 0.340 e. The van der Waals surface area contributed by atoms with Gasteiger partial charge in [-0.2, -0.15) is 0 Å². The Labute approximate surface area is 145 Å². The summed E-state index contributed by atoms with van der Waals surface area (Å²) in [7, 11) is 3.22. The van der Waals surface area contributed by atoms with Gasteiger partial charge in [-0.25, -0.2) is 4.79 Å². The second kappa shape index (κ2) is 8.49. The topological polar surface area (TPSA) is 96.5 Å². The van der Waals surface area contributed by atoms with E-state index < -0.39 is 18.5 Å². The molecule has 130 valence electrons. The van der Waals surface area contributed by atoms with Gasteiger partial charge < -0.3 is 20.7 Å². The zero-order valence-electron chi connectivity index (χ0n) is 14.0. The molecule has 2 rings (SSSR count). The summed E-state index contributed by atoms with van der Waals surface area (Å²) in [4.78, 5) is 35.6. The lowest BCUT2D eigenvalue weighted by Crippen LogP contribution is -2.22. The molecule has 0 heterocycles. The molecule has 0 unspecified atom stereocenters. The van der Waals surface area contributed by atoms with Gasteiger partial charge in [0.05, 0.1) is 5.56 Å². The van der Waals surface area contributed by atoms with E-state index in [9.17, 15) is 14.4 Å². The van der Waals surface area contributed by atoms with E-state index in [-0.39, 0.29) is 5.91 Å². The van der Waals surface area contributed by atoms with Crippen LogP contribution in [-0.4, -0.2) is 38.5 Å². The molecule has 0 spiro atoms. The van der Waals surface area contributed by atoms with Crippen LogP contribution >= 0.6 is 0 Å². The molecular formula is C18H19N3O4. The average Bonchev–Trinajstić information content (AvgIpc) is 2.65. The van der Waals surface area contributed by atoms with Crippen molar-refractivity contribution in [1.82, 2.24) is 5.32 Å². The van der Waals surface area contributed by atoms with Crippen LogP contribution in [0.1, 0.15) is 20.7 Å². The Balaban J connectivity index is 1.95. The molecule has 25 heavy (non-hydrogen) atoms. The molecule has 0 atom stereocenters. The Bertz CT molecular complexity index is 789. The fourth-order valence-corrected chi connectivity index (χ4v) is 2.17. The lowest BCUT2D eigenvalue weighted by Gasteiger charge is -2.10. The number of benzene rings is 2. The zero-order chi connectivity index (χ0) is 18.2. The van der Waals surface area contributed by atoms with Crippen LogP contribution < -0.4 is 16.0 Å². The van der Waals surface area contributed by atoms with Gasteiger partial charge in [0.15, 0.2) is 6.61 Å². The van der Waals surface area contributed by atoms with E-state index in [2.05, 4.69) is 16.0 Å². The lowest BCUT2D eigenvalue weighted by molar-refractivity contribution is -0.119. The first kappa shape index (κ1) is 18.0. The van der Waals surface area contributed by atoms with Crippen LogP contribution in [0.15, 0.2) is 48.5 Å². The summed E-state index contributed by atoms with van der Waals surface area (Å²) >= 11 is 0. The number of nitrogens with one attached hydrogen (secondary N) is 3. The van der Waals surface area contributed by atoms with Crippen LogP contribution in [0.25, 0.3) is 0 Å². The SMILES string of the molecule is CNC(=O)c1cccc(NC(=O)COC(=O)c2ccccc2NC)c1. The summed E-state index contributed by atoms with van der Waals surface area (Å²) in [6, 6.07) is 13.3. The number of rotatable bonds is 6. The van der Waals surface area contributed by atoms with Crippen molar-refractivity contribution in [2.45, 2.75) is 0 Å². The number of carbonyl (C=O) groups excluding carboxylic acids is 3. The summed E-state index contributed by atoms with van der Waals surface area (Å²) in [5.74, 6) is -1.35. The van der Waals surface area contributed by atoms with E-state index in [1.165, 1.54) is 13.1 Å². The third kappa shape index (κ3) is 4.81. The molecule has 0 bridgehead atoms. The van der Waals surface area contributed by atoms with Gasteiger partial charge >= 0.3 is 5.97 Å². The summed E-state index contributed by atoms with van der Waals surface area (Å²) in [6.45, 7) is -0.429. The third-order valence-electron chi connectivity index (χ3n) is 3.39. The number of carbonyl (C=O) groups is 3. The van der Waals surface area contributed by atoms with Crippen molar-refractivity contribution in [2.75, 3.05) is 31.3 Å². The molecule has 0 aromatic heterocycles. The fourth-order valence-electron chi connectivity index (χ4n) is 2.17. The smallest absolute Gasteiger partial charge is 0.340 e. The van der Waals surface area contributed by atoms with E-state index in [1.807, 2.05) is 0 Å². The first-order valence-corrected chi connectivity index (χ1v) is 7.61. The van der Waals surface area contributed by atoms with Crippen molar-refractivity contribution < 1.29 is 19.1 Å². The summed E-state index contributed by atoms with van der Waals surface area (Å²) < 4.78 is 5.03. The van der Waals surface area contributed by atoms with E-state index >= 15 is 0 Å². The minimum absolute atomic E-state index is 0.258. The van der Waals surface area contributed by atoms with Crippen LogP contribution in [0.4, 0.5) is 11.4 Å². The Hall–Kier alpha value is -3.35.